The standard InChI is InChI=1S/C28H29N3O2S/c1-5-20(4)31-27(33)23-13-9-10-14-24(23)30-28(31)34-25(21-11-7-6-8-12-21)26(32)29-22-16-18(2)15-19(3)17-22/h6-17,20,25H,5H2,1-4H3,(H,29,32). The number of carbonyl (C=O) groups is 1. The normalized spacial score (nSPS) is 12.9. The number of para-hydroxylation sites is 1. The fourth-order valence-corrected chi connectivity index (χ4v) is 5.24. The van der Waals surface area contributed by atoms with Crippen molar-refractivity contribution in [2.75, 3.05) is 5.32 Å². The highest BCUT2D eigenvalue weighted by Crippen LogP contribution is 2.36. The van der Waals surface area contributed by atoms with Crippen molar-refractivity contribution in [3.05, 3.63) is 99.8 Å². The third-order valence-electron chi connectivity index (χ3n) is 5.86. The van der Waals surface area contributed by atoms with E-state index >= 15 is 0 Å². The molecule has 2 atom stereocenters. The van der Waals surface area contributed by atoms with Gasteiger partial charge in [-0.3, -0.25) is 14.2 Å². The van der Waals surface area contributed by atoms with E-state index in [4.69, 9.17) is 4.98 Å². The summed E-state index contributed by atoms with van der Waals surface area (Å²) in [7, 11) is 0. The predicted octanol–water partition coefficient (Wildman–Crippen LogP) is 6.46. The highest BCUT2D eigenvalue weighted by Gasteiger charge is 2.26. The van der Waals surface area contributed by atoms with Gasteiger partial charge >= 0.3 is 0 Å². The van der Waals surface area contributed by atoms with E-state index < -0.39 is 5.25 Å². The van der Waals surface area contributed by atoms with Crippen molar-refractivity contribution >= 4 is 34.3 Å². The lowest BCUT2D eigenvalue weighted by Gasteiger charge is -2.22. The van der Waals surface area contributed by atoms with Gasteiger partial charge < -0.3 is 5.32 Å². The largest absolute Gasteiger partial charge is 0.325 e. The molecule has 1 heterocycles. The van der Waals surface area contributed by atoms with E-state index in [1.54, 1.807) is 10.6 Å². The number of anilines is 1. The van der Waals surface area contributed by atoms with Crippen LogP contribution in [0.2, 0.25) is 0 Å². The van der Waals surface area contributed by atoms with Crippen molar-refractivity contribution in [3.8, 4) is 0 Å². The third kappa shape index (κ3) is 5.07. The zero-order valence-corrected chi connectivity index (χ0v) is 20.7. The van der Waals surface area contributed by atoms with Gasteiger partial charge in [-0.05, 0) is 68.1 Å². The van der Waals surface area contributed by atoms with Crippen molar-refractivity contribution in [2.45, 2.75) is 50.6 Å². The fourth-order valence-electron chi connectivity index (χ4n) is 4.04. The molecular weight excluding hydrogens is 442 g/mol. The van der Waals surface area contributed by atoms with Crippen LogP contribution in [0.5, 0.6) is 0 Å². The quantitative estimate of drug-likeness (QED) is 0.248. The zero-order chi connectivity index (χ0) is 24.2. The topological polar surface area (TPSA) is 64.0 Å². The maximum atomic E-state index is 13.6. The molecule has 0 aliphatic heterocycles. The van der Waals surface area contributed by atoms with Crippen LogP contribution in [0.15, 0.2) is 82.7 Å². The van der Waals surface area contributed by atoms with Crippen molar-refractivity contribution in [1.29, 1.82) is 0 Å². The molecule has 3 aromatic carbocycles. The van der Waals surface area contributed by atoms with Gasteiger partial charge in [-0.1, -0.05) is 67.2 Å². The van der Waals surface area contributed by atoms with Crippen molar-refractivity contribution in [3.63, 3.8) is 0 Å². The van der Waals surface area contributed by atoms with Crippen molar-refractivity contribution < 1.29 is 4.79 Å². The minimum atomic E-state index is -0.578. The molecule has 1 aromatic heterocycles. The second-order valence-electron chi connectivity index (χ2n) is 8.62. The van der Waals surface area contributed by atoms with E-state index in [1.807, 2.05) is 88.4 Å². The predicted molar refractivity (Wildman–Crippen MR) is 141 cm³/mol. The van der Waals surface area contributed by atoms with Crippen LogP contribution in [0.4, 0.5) is 5.69 Å². The van der Waals surface area contributed by atoms with Crippen LogP contribution in [-0.2, 0) is 4.79 Å². The average Bonchev–Trinajstić information content (AvgIpc) is 2.82. The number of hydrogen-bond acceptors (Lipinski definition) is 4. The van der Waals surface area contributed by atoms with E-state index in [2.05, 4.69) is 11.4 Å². The summed E-state index contributed by atoms with van der Waals surface area (Å²) in [5.74, 6) is -0.153. The molecule has 0 radical (unpaired) electrons. The van der Waals surface area contributed by atoms with E-state index in [1.165, 1.54) is 11.8 Å². The van der Waals surface area contributed by atoms with E-state index in [9.17, 15) is 9.59 Å². The van der Waals surface area contributed by atoms with Gasteiger partial charge in [-0.25, -0.2) is 4.98 Å². The minimum Gasteiger partial charge on any atom is -0.325 e. The molecule has 4 aromatic rings. The van der Waals surface area contributed by atoms with Gasteiger partial charge in [0.15, 0.2) is 5.16 Å². The molecule has 174 valence electrons. The Labute approximate surface area is 204 Å². The Hall–Kier alpha value is -3.38. The molecule has 1 amide bonds. The number of carbonyl (C=O) groups excluding carboxylic acids is 1. The third-order valence-corrected chi connectivity index (χ3v) is 7.08. The van der Waals surface area contributed by atoms with Crippen LogP contribution >= 0.6 is 11.8 Å². The number of thioether (sulfide) groups is 1. The van der Waals surface area contributed by atoms with E-state index in [0.717, 1.165) is 28.8 Å². The number of fused-ring (bicyclic) bond motifs is 1. The molecule has 0 saturated heterocycles. The Bertz CT molecular complexity index is 1360. The summed E-state index contributed by atoms with van der Waals surface area (Å²) in [6.45, 7) is 8.07. The lowest BCUT2D eigenvalue weighted by molar-refractivity contribution is -0.115. The maximum Gasteiger partial charge on any atom is 0.262 e. The fraction of sp³-hybridized carbons (Fsp3) is 0.250. The number of amides is 1. The van der Waals surface area contributed by atoms with Crippen LogP contribution < -0.4 is 10.9 Å². The summed E-state index contributed by atoms with van der Waals surface area (Å²) in [5, 5.41) is 3.63. The molecule has 0 aliphatic rings. The Morgan fingerprint density at radius 2 is 1.65 bits per heavy atom. The summed E-state index contributed by atoms with van der Waals surface area (Å²) in [6.07, 6.45) is 0.776. The molecule has 4 rings (SSSR count). The van der Waals surface area contributed by atoms with Gasteiger partial charge in [0.1, 0.15) is 5.25 Å². The average molecular weight is 472 g/mol. The Morgan fingerprint density at radius 1 is 1.00 bits per heavy atom. The van der Waals surface area contributed by atoms with Crippen molar-refractivity contribution in [1.82, 2.24) is 9.55 Å². The first-order valence-corrected chi connectivity index (χ1v) is 12.4. The first-order valence-electron chi connectivity index (χ1n) is 11.5. The van der Waals surface area contributed by atoms with Gasteiger partial charge in [0.25, 0.3) is 5.56 Å². The van der Waals surface area contributed by atoms with Gasteiger partial charge in [0.05, 0.1) is 10.9 Å². The zero-order valence-electron chi connectivity index (χ0n) is 19.9. The molecular formula is C28H29N3O2S. The number of nitrogens with zero attached hydrogens (tertiary/aromatic N) is 2. The van der Waals surface area contributed by atoms with Crippen molar-refractivity contribution in [2.24, 2.45) is 0 Å². The van der Waals surface area contributed by atoms with E-state index in [-0.39, 0.29) is 17.5 Å². The van der Waals surface area contributed by atoms with Crippen LogP contribution in [0.1, 0.15) is 48.3 Å². The second kappa shape index (κ2) is 10.3. The number of hydrogen-bond donors (Lipinski definition) is 1. The Morgan fingerprint density at radius 3 is 2.32 bits per heavy atom. The molecule has 0 spiro atoms. The second-order valence-corrected chi connectivity index (χ2v) is 9.69. The summed E-state index contributed by atoms with van der Waals surface area (Å²) in [5.41, 5.74) is 4.34. The lowest BCUT2D eigenvalue weighted by atomic mass is 10.1. The molecule has 0 bridgehead atoms. The Kier molecular flexibility index (Phi) is 7.17. The molecule has 2 unspecified atom stereocenters. The van der Waals surface area contributed by atoms with Crippen LogP contribution in [0.25, 0.3) is 10.9 Å². The summed E-state index contributed by atoms with van der Waals surface area (Å²) in [4.78, 5) is 31.8. The first kappa shape index (κ1) is 23.8. The monoisotopic (exact) mass is 471 g/mol. The van der Waals surface area contributed by atoms with Crippen LogP contribution in [0.3, 0.4) is 0 Å². The smallest absolute Gasteiger partial charge is 0.262 e. The number of rotatable bonds is 7. The van der Waals surface area contributed by atoms with Gasteiger partial charge in [-0.15, -0.1) is 0 Å². The highest BCUT2D eigenvalue weighted by molar-refractivity contribution is 8.00. The number of aryl methyl sites for hydroxylation is 2. The van der Waals surface area contributed by atoms with E-state index in [0.29, 0.717) is 16.1 Å². The summed E-state index contributed by atoms with van der Waals surface area (Å²) < 4.78 is 1.73. The van der Waals surface area contributed by atoms with Gasteiger partial charge in [-0.2, -0.15) is 0 Å². The number of aromatic nitrogens is 2. The molecule has 0 aliphatic carbocycles. The number of nitrogens with one attached hydrogen (secondary N) is 1. The van der Waals surface area contributed by atoms with Gasteiger partial charge in [0, 0.05) is 11.7 Å². The summed E-state index contributed by atoms with van der Waals surface area (Å²) >= 11 is 1.32. The SMILES string of the molecule is CCC(C)n1c(SC(C(=O)Nc2cc(C)cc(C)c2)c2ccccc2)nc2ccccc2c1=O. The molecule has 1 N–H and O–H groups in total. The van der Waals surface area contributed by atoms with Crippen LogP contribution in [0, 0.1) is 13.8 Å². The minimum absolute atomic E-state index is 0.0500. The molecule has 0 saturated carbocycles. The number of benzene rings is 3. The Balaban J connectivity index is 1.79. The summed E-state index contributed by atoms with van der Waals surface area (Å²) in [6, 6.07) is 22.9. The maximum absolute atomic E-state index is 13.6. The molecule has 5 nitrogen and oxygen atoms in total. The molecule has 0 fully saturated rings. The molecule has 6 heteroatoms. The first-order chi connectivity index (χ1) is 16.4. The van der Waals surface area contributed by atoms with Gasteiger partial charge in [0.2, 0.25) is 5.91 Å². The molecule has 34 heavy (non-hydrogen) atoms. The highest BCUT2D eigenvalue weighted by atomic mass is 32.2. The van der Waals surface area contributed by atoms with Crippen LogP contribution in [-0.4, -0.2) is 15.5 Å². The lowest BCUT2D eigenvalue weighted by Crippen LogP contribution is -2.27.